The van der Waals surface area contributed by atoms with Gasteiger partial charge in [0.1, 0.15) is 4.90 Å². The summed E-state index contributed by atoms with van der Waals surface area (Å²) in [5, 5.41) is 3.98. The summed E-state index contributed by atoms with van der Waals surface area (Å²) in [5.74, 6) is -0.721. The zero-order valence-corrected chi connectivity index (χ0v) is 21.3. The molecule has 0 unspecified atom stereocenters. The van der Waals surface area contributed by atoms with Crippen molar-refractivity contribution in [2.75, 3.05) is 5.75 Å². The van der Waals surface area contributed by atoms with E-state index in [-0.39, 0.29) is 33.1 Å². The Morgan fingerprint density at radius 1 is 1.03 bits per heavy atom. The highest BCUT2D eigenvalue weighted by molar-refractivity contribution is 7.91. The molecule has 0 atom stereocenters. The van der Waals surface area contributed by atoms with Crippen LogP contribution in [-0.4, -0.2) is 47.8 Å². The van der Waals surface area contributed by atoms with Crippen molar-refractivity contribution in [1.82, 2.24) is 23.9 Å². The zero-order valence-electron chi connectivity index (χ0n) is 19.7. The molecule has 0 spiro atoms. The zero-order chi connectivity index (χ0) is 27.5. The van der Waals surface area contributed by atoms with Gasteiger partial charge in [-0.15, -0.1) is 5.10 Å². The molecule has 1 fully saturated rings. The van der Waals surface area contributed by atoms with Crippen LogP contribution in [-0.2, 0) is 26.0 Å². The summed E-state index contributed by atoms with van der Waals surface area (Å²) in [6.07, 6.45) is -1.29. The lowest BCUT2D eigenvalue weighted by atomic mass is 10.1. The van der Waals surface area contributed by atoms with Gasteiger partial charge in [0.05, 0.1) is 16.2 Å². The van der Waals surface area contributed by atoms with Gasteiger partial charge in [-0.3, -0.25) is 0 Å². The molecule has 0 saturated heterocycles. The van der Waals surface area contributed by atoms with Crippen LogP contribution in [0.2, 0.25) is 0 Å². The fourth-order valence-electron chi connectivity index (χ4n) is 3.73. The van der Waals surface area contributed by atoms with Crippen LogP contribution >= 0.6 is 0 Å². The molecule has 0 amide bonds. The average Bonchev–Trinajstić information content (AvgIpc) is 3.63. The van der Waals surface area contributed by atoms with Gasteiger partial charge >= 0.3 is 11.9 Å². The van der Waals surface area contributed by atoms with Crippen molar-refractivity contribution in [3.63, 3.8) is 0 Å². The number of benzene rings is 1. The summed E-state index contributed by atoms with van der Waals surface area (Å²) >= 11 is 0. The van der Waals surface area contributed by atoms with Crippen molar-refractivity contribution in [1.29, 1.82) is 0 Å². The Morgan fingerprint density at radius 3 is 2.32 bits per heavy atom. The van der Waals surface area contributed by atoms with Crippen LogP contribution in [0.25, 0.3) is 22.6 Å². The van der Waals surface area contributed by atoms with E-state index in [1.165, 1.54) is 43.5 Å². The van der Waals surface area contributed by atoms with E-state index in [4.69, 9.17) is 0 Å². The highest BCUT2D eigenvalue weighted by atomic mass is 32.2. The van der Waals surface area contributed by atoms with Crippen LogP contribution in [0.4, 0.5) is 13.2 Å². The molecule has 4 aromatic rings. The lowest BCUT2D eigenvalue weighted by Gasteiger charge is -2.11. The van der Waals surface area contributed by atoms with Crippen molar-refractivity contribution < 1.29 is 30.0 Å². The quantitative estimate of drug-likeness (QED) is 0.363. The minimum Gasteiger partial charge on any atom is -0.249 e. The first kappa shape index (κ1) is 26.1. The number of rotatable bonds is 7. The number of pyridine rings is 2. The Kier molecular flexibility index (Phi) is 6.19. The van der Waals surface area contributed by atoms with Crippen molar-refractivity contribution in [3.05, 3.63) is 70.9 Å². The van der Waals surface area contributed by atoms with Crippen LogP contribution in [0, 0.1) is 0 Å². The second-order valence-corrected chi connectivity index (χ2v) is 12.7. The second kappa shape index (κ2) is 9.03. The van der Waals surface area contributed by atoms with Gasteiger partial charge in [0.2, 0.25) is 10.0 Å². The number of fused-ring (bicyclic) bond motifs is 1. The topological polar surface area (TPSA) is 132 Å². The lowest BCUT2D eigenvalue weighted by molar-refractivity contribution is -0.137. The Balaban J connectivity index is 1.60. The van der Waals surface area contributed by atoms with Crippen molar-refractivity contribution in [2.24, 2.45) is 0 Å². The SMILES string of the molecule is CCS(=O)(=O)c1cc(-c2ccc(S(=O)(=O)NC3CC3)cc2)cnc1-n1nc2ccc(C(F)(F)F)cn2c1=O. The van der Waals surface area contributed by atoms with Gasteiger partial charge in [0.25, 0.3) is 0 Å². The second-order valence-electron chi connectivity index (χ2n) is 8.71. The first-order valence-electron chi connectivity index (χ1n) is 11.3. The van der Waals surface area contributed by atoms with Gasteiger partial charge in [0, 0.05) is 24.0 Å². The average molecular weight is 568 g/mol. The molecule has 200 valence electrons. The molecule has 1 aromatic carbocycles. The predicted molar refractivity (Wildman–Crippen MR) is 130 cm³/mol. The number of aromatic nitrogens is 4. The molecule has 0 radical (unpaired) electrons. The largest absolute Gasteiger partial charge is 0.417 e. The molecular formula is C23H20F3N5O5S2. The molecule has 38 heavy (non-hydrogen) atoms. The summed E-state index contributed by atoms with van der Waals surface area (Å²) < 4.78 is 94.0. The van der Waals surface area contributed by atoms with E-state index < -0.39 is 37.3 Å². The van der Waals surface area contributed by atoms with Gasteiger partial charge in [-0.25, -0.2) is 35.7 Å². The molecule has 0 aliphatic heterocycles. The van der Waals surface area contributed by atoms with E-state index >= 15 is 0 Å². The number of nitrogens with one attached hydrogen (secondary N) is 1. The highest BCUT2D eigenvalue weighted by Crippen LogP contribution is 2.30. The van der Waals surface area contributed by atoms with Gasteiger partial charge in [-0.1, -0.05) is 19.1 Å². The number of sulfonamides is 1. The Bertz CT molecular complexity index is 1830. The lowest BCUT2D eigenvalue weighted by Crippen LogP contribution is -2.25. The molecule has 10 nitrogen and oxygen atoms in total. The summed E-state index contributed by atoms with van der Waals surface area (Å²) in [5.41, 5.74) is -1.47. The molecule has 1 N–H and O–H groups in total. The van der Waals surface area contributed by atoms with Crippen LogP contribution in [0.15, 0.2) is 69.4 Å². The normalized spacial score (nSPS) is 14.7. The maximum absolute atomic E-state index is 13.1. The molecule has 5 rings (SSSR count). The maximum atomic E-state index is 13.1. The molecule has 1 aliphatic carbocycles. The maximum Gasteiger partial charge on any atom is 0.417 e. The van der Waals surface area contributed by atoms with Crippen LogP contribution in [0.1, 0.15) is 25.3 Å². The van der Waals surface area contributed by atoms with Gasteiger partial charge in [-0.05, 0) is 48.7 Å². The summed E-state index contributed by atoms with van der Waals surface area (Å²) in [6, 6.07) is 8.71. The number of sulfone groups is 1. The first-order valence-corrected chi connectivity index (χ1v) is 14.5. The van der Waals surface area contributed by atoms with E-state index in [0.29, 0.717) is 26.4 Å². The van der Waals surface area contributed by atoms with Crippen molar-refractivity contribution in [3.8, 4) is 16.9 Å². The summed E-state index contributed by atoms with van der Waals surface area (Å²) in [7, 11) is -7.67. The third-order valence-electron chi connectivity index (χ3n) is 5.99. The third-order valence-corrected chi connectivity index (χ3v) is 9.26. The number of nitrogens with zero attached hydrogens (tertiary/aromatic N) is 4. The molecule has 1 saturated carbocycles. The fourth-order valence-corrected chi connectivity index (χ4v) is 6.07. The number of alkyl halides is 3. The minimum atomic E-state index is -4.70. The van der Waals surface area contributed by atoms with Crippen LogP contribution < -0.4 is 10.4 Å². The van der Waals surface area contributed by atoms with Gasteiger partial charge < -0.3 is 0 Å². The van der Waals surface area contributed by atoms with E-state index in [0.717, 1.165) is 25.0 Å². The summed E-state index contributed by atoms with van der Waals surface area (Å²) in [6.45, 7) is 1.39. The molecular weight excluding hydrogens is 547 g/mol. The van der Waals surface area contributed by atoms with Crippen LogP contribution in [0.3, 0.4) is 0 Å². The summed E-state index contributed by atoms with van der Waals surface area (Å²) in [4.78, 5) is 16.8. The smallest absolute Gasteiger partial charge is 0.249 e. The Hall–Kier alpha value is -3.56. The van der Waals surface area contributed by atoms with Crippen LogP contribution in [0.5, 0.6) is 0 Å². The molecule has 15 heteroatoms. The Labute approximate surface area is 214 Å². The molecule has 0 bridgehead atoms. The molecule has 3 heterocycles. The van der Waals surface area contributed by atoms with E-state index in [9.17, 15) is 34.8 Å². The van der Waals surface area contributed by atoms with E-state index in [1.807, 2.05) is 0 Å². The van der Waals surface area contributed by atoms with Crippen molar-refractivity contribution in [2.45, 2.75) is 41.8 Å². The molecule has 1 aliphatic rings. The monoisotopic (exact) mass is 567 g/mol. The minimum absolute atomic E-state index is 0.0496. The number of halogens is 3. The molecule has 3 aromatic heterocycles. The standard InChI is InChI=1S/C23H20F3N5O5S2/c1-2-37(33,34)19-11-15(14-3-8-18(9-4-14)38(35,36)29-17-6-7-17)12-27-21(19)31-22(32)30-13-16(23(24,25)26)5-10-20(30)28-31/h3-5,8-13,17,29H,2,6-7H2,1H3. The van der Waals surface area contributed by atoms with Crippen molar-refractivity contribution >= 4 is 25.5 Å². The Morgan fingerprint density at radius 2 is 1.71 bits per heavy atom. The van der Waals surface area contributed by atoms with E-state index in [1.54, 1.807) is 0 Å². The number of hydrogen-bond acceptors (Lipinski definition) is 7. The third kappa shape index (κ3) is 4.83. The van der Waals surface area contributed by atoms with E-state index in [2.05, 4.69) is 14.8 Å². The predicted octanol–water partition coefficient (Wildman–Crippen LogP) is 2.80. The first-order chi connectivity index (χ1) is 17.8. The fraction of sp³-hybridized carbons (Fsp3) is 0.261. The van der Waals surface area contributed by atoms with Gasteiger partial charge in [0.15, 0.2) is 21.3 Å². The highest BCUT2D eigenvalue weighted by Gasteiger charge is 2.32. The van der Waals surface area contributed by atoms with Gasteiger partial charge in [-0.2, -0.15) is 17.9 Å². The number of hydrogen-bond donors (Lipinski definition) is 1.